The van der Waals surface area contributed by atoms with Crippen molar-refractivity contribution in [1.29, 1.82) is 5.26 Å². The van der Waals surface area contributed by atoms with E-state index in [4.69, 9.17) is 9.81 Å². The Labute approximate surface area is 228 Å². The van der Waals surface area contributed by atoms with Crippen molar-refractivity contribution in [2.24, 2.45) is 11.8 Å². The van der Waals surface area contributed by atoms with Crippen LogP contribution in [0.25, 0.3) is 0 Å². The molecule has 38 heavy (non-hydrogen) atoms. The maximum Gasteiger partial charge on any atom is 0.278 e. The van der Waals surface area contributed by atoms with Crippen LogP contribution in [0.3, 0.4) is 0 Å². The van der Waals surface area contributed by atoms with Gasteiger partial charge in [-0.25, -0.2) is 17.5 Å². The van der Waals surface area contributed by atoms with Crippen LogP contribution in [0.2, 0.25) is 0 Å². The molecule has 1 fully saturated rings. The third-order valence-corrected chi connectivity index (χ3v) is 9.83. The monoisotopic (exact) mass is 616 g/mol. The van der Waals surface area contributed by atoms with Gasteiger partial charge in [0, 0.05) is 37.2 Å². The highest BCUT2D eigenvalue weighted by atomic mass is 32.2. The summed E-state index contributed by atoms with van der Waals surface area (Å²) >= 11 is 1.07. The molecule has 1 aromatic rings. The largest absolute Gasteiger partial charge is 0.343 e. The standard InChI is InChI=1S/C20H29FN4O5S3.CH4O3S/c1-25(2)33(29,30)24-11-12-31-19-8-7-16(13-18(19)21)32(27,28)14-15-5-3-4-6-17(15)20(26)23-10-9-22;1-5(2,3)4/h7-8,13,15,17,24H,3-6,10-12,14H2,1-2H3,(H,23,26);1H3,(H,2,3,4). The first-order valence-corrected chi connectivity index (χ1v) is 17.3. The summed E-state index contributed by atoms with van der Waals surface area (Å²) in [5, 5.41) is 11.2. The molecule has 1 aromatic carbocycles. The van der Waals surface area contributed by atoms with E-state index in [1.807, 2.05) is 6.07 Å². The van der Waals surface area contributed by atoms with Crippen LogP contribution < -0.4 is 10.0 Å². The van der Waals surface area contributed by atoms with Crippen LogP contribution in [-0.2, 0) is 35.0 Å². The number of hydrogen-bond donors (Lipinski definition) is 3. The molecule has 0 aliphatic heterocycles. The number of nitriles is 1. The molecule has 3 N–H and O–H groups in total. The number of carbonyl (C=O) groups is 1. The zero-order valence-corrected chi connectivity index (χ0v) is 24.5. The average molecular weight is 617 g/mol. The Kier molecular flexibility index (Phi) is 13.6. The Morgan fingerprint density at radius 1 is 1.18 bits per heavy atom. The Morgan fingerprint density at radius 3 is 2.34 bits per heavy atom. The molecule has 1 amide bonds. The van der Waals surface area contributed by atoms with E-state index in [2.05, 4.69) is 10.0 Å². The molecular formula is C21H33FN4O8S4. The van der Waals surface area contributed by atoms with Gasteiger partial charge in [-0.15, -0.1) is 11.8 Å². The molecule has 1 aliphatic carbocycles. The number of carbonyl (C=O) groups excluding carboxylic acids is 1. The number of halogens is 1. The lowest BCUT2D eigenvalue weighted by Gasteiger charge is -2.30. The first kappa shape index (κ1) is 34.2. The molecule has 0 bridgehead atoms. The first-order valence-electron chi connectivity index (χ1n) is 11.4. The maximum atomic E-state index is 14.6. The Bertz CT molecular complexity index is 1300. The summed E-state index contributed by atoms with van der Waals surface area (Å²) < 4.78 is 93.1. The van der Waals surface area contributed by atoms with Gasteiger partial charge in [0.2, 0.25) is 5.91 Å². The second-order valence-corrected chi connectivity index (χ2v) is 15.3. The molecule has 0 saturated heterocycles. The van der Waals surface area contributed by atoms with Gasteiger partial charge in [0.25, 0.3) is 20.3 Å². The minimum absolute atomic E-state index is 0.0849. The van der Waals surface area contributed by atoms with Gasteiger partial charge in [0.15, 0.2) is 9.84 Å². The highest BCUT2D eigenvalue weighted by molar-refractivity contribution is 7.99. The normalized spacial score (nSPS) is 18.2. The van der Waals surface area contributed by atoms with Crippen molar-refractivity contribution in [3.05, 3.63) is 24.0 Å². The van der Waals surface area contributed by atoms with E-state index in [1.165, 1.54) is 26.2 Å². The minimum Gasteiger partial charge on any atom is -0.343 e. The van der Waals surface area contributed by atoms with Gasteiger partial charge in [-0.1, -0.05) is 12.8 Å². The average Bonchev–Trinajstić information content (AvgIpc) is 2.80. The van der Waals surface area contributed by atoms with Crippen molar-refractivity contribution in [2.45, 2.75) is 35.5 Å². The Hall–Kier alpha value is -1.81. The highest BCUT2D eigenvalue weighted by Crippen LogP contribution is 2.33. The summed E-state index contributed by atoms with van der Waals surface area (Å²) in [4.78, 5) is 12.4. The smallest absolute Gasteiger partial charge is 0.278 e. The predicted octanol–water partition coefficient (Wildman–Crippen LogP) is 1.04. The van der Waals surface area contributed by atoms with E-state index in [0.29, 0.717) is 19.1 Å². The molecule has 1 aliphatic rings. The topological polar surface area (TPSA) is 191 Å². The van der Waals surface area contributed by atoms with Crippen LogP contribution in [0.5, 0.6) is 0 Å². The SMILES string of the molecule is CN(C)S(=O)(=O)NCCSc1ccc(S(=O)(=O)CC2CCCCC2C(=O)NCC#N)cc1F.CS(=O)(=O)O. The van der Waals surface area contributed by atoms with Crippen molar-refractivity contribution in [1.82, 2.24) is 14.3 Å². The zero-order valence-electron chi connectivity index (χ0n) is 21.3. The fourth-order valence-electron chi connectivity index (χ4n) is 3.64. The summed E-state index contributed by atoms with van der Waals surface area (Å²) in [7, 11) is -8.28. The van der Waals surface area contributed by atoms with Crippen LogP contribution in [0.15, 0.2) is 28.0 Å². The molecule has 1 saturated carbocycles. The molecule has 216 valence electrons. The van der Waals surface area contributed by atoms with Crippen LogP contribution in [0, 0.1) is 29.0 Å². The quantitative estimate of drug-likeness (QED) is 0.140. The van der Waals surface area contributed by atoms with Crippen LogP contribution in [0.4, 0.5) is 4.39 Å². The van der Waals surface area contributed by atoms with E-state index < -0.39 is 47.8 Å². The van der Waals surface area contributed by atoms with Gasteiger partial charge >= 0.3 is 0 Å². The Morgan fingerprint density at radius 2 is 1.79 bits per heavy atom. The molecule has 2 atom stereocenters. The number of nitrogens with one attached hydrogen (secondary N) is 2. The number of hydrogen-bond acceptors (Lipinski definition) is 9. The minimum atomic E-state index is -3.83. The summed E-state index contributed by atoms with van der Waals surface area (Å²) in [6, 6.07) is 5.50. The van der Waals surface area contributed by atoms with Gasteiger partial charge in [-0.3, -0.25) is 9.35 Å². The van der Waals surface area contributed by atoms with E-state index in [-0.39, 0.29) is 40.3 Å². The number of thioether (sulfide) groups is 1. The lowest BCUT2D eigenvalue weighted by atomic mass is 9.80. The lowest BCUT2D eigenvalue weighted by molar-refractivity contribution is -0.127. The second-order valence-electron chi connectivity index (χ2n) is 8.66. The van der Waals surface area contributed by atoms with Gasteiger partial charge < -0.3 is 5.32 Å². The van der Waals surface area contributed by atoms with Gasteiger partial charge in [-0.05, 0) is 37.0 Å². The Balaban J connectivity index is 0.00000132. The molecule has 0 spiro atoms. The summed E-state index contributed by atoms with van der Waals surface area (Å²) in [5.74, 6) is -1.92. The molecule has 0 heterocycles. The van der Waals surface area contributed by atoms with E-state index in [9.17, 15) is 34.4 Å². The number of nitrogens with zero attached hydrogens (tertiary/aromatic N) is 2. The number of amides is 1. The highest BCUT2D eigenvalue weighted by Gasteiger charge is 2.34. The van der Waals surface area contributed by atoms with E-state index >= 15 is 0 Å². The third kappa shape index (κ3) is 12.4. The number of sulfone groups is 1. The second kappa shape index (κ2) is 15.1. The van der Waals surface area contributed by atoms with Crippen molar-refractivity contribution in [2.75, 3.05) is 44.9 Å². The van der Waals surface area contributed by atoms with Crippen LogP contribution >= 0.6 is 11.8 Å². The first-order chi connectivity index (χ1) is 17.5. The van der Waals surface area contributed by atoms with Gasteiger partial charge in [0.1, 0.15) is 12.4 Å². The lowest BCUT2D eigenvalue weighted by Crippen LogP contribution is -2.39. The molecule has 2 unspecified atom stereocenters. The van der Waals surface area contributed by atoms with E-state index in [1.54, 1.807) is 0 Å². The number of rotatable bonds is 11. The molecule has 0 aromatic heterocycles. The van der Waals surface area contributed by atoms with Crippen LogP contribution in [-0.4, -0.2) is 85.0 Å². The van der Waals surface area contributed by atoms with Crippen molar-refractivity contribution in [3.63, 3.8) is 0 Å². The molecular weight excluding hydrogens is 584 g/mol. The van der Waals surface area contributed by atoms with E-state index in [0.717, 1.165) is 35.0 Å². The van der Waals surface area contributed by atoms with Crippen molar-refractivity contribution in [3.8, 4) is 6.07 Å². The zero-order chi connectivity index (χ0) is 29.1. The maximum absolute atomic E-state index is 14.6. The number of benzene rings is 1. The molecule has 0 radical (unpaired) electrons. The molecule has 2 rings (SSSR count). The van der Waals surface area contributed by atoms with Crippen LogP contribution in [0.1, 0.15) is 25.7 Å². The van der Waals surface area contributed by atoms with Crippen molar-refractivity contribution < 1.29 is 39.0 Å². The third-order valence-electron chi connectivity index (χ3n) is 5.41. The fourth-order valence-corrected chi connectivity index (χ4v) is 6.89. The fraction of sp³-hybridized carbons (Fsp3) is 0.619. The van der Waals surface area contributed by atoms with Gasteiger partial charge in [-0.2, -0.15) is 26.4 Å². The van der Waals surface area contributed by atoms with Gasteiger partial charge in [0.05, 0.1) is 23.0 Å². The predicted molar refractivity (Wildman–Crippen MR) is 141 cm³/mol. The summed E-state index contributed by atoms with van der Waals surface area (Å²) in [6.45, 7) is -0.0443. The molecule has 12 nitrogen and oxygen atoms in total. The van der Waals surface area contributed by atoms with Crippen molar-refractivity contribution >= 4 is 47.8 Å². The molecule has 17 heteroatoms. The summed E-state index contributed by atoms with van der Waals surface area (Å²) in [5.41, 5.74) is 0. The summed E-state index contributed by atoms with van der Waals surface area (Å²) in [6.07, 6.45) is 3.46.